The second kappa shape index (κ2) is 5.84. The van der Waals surface area contributed by atoms with Crippen LogP contribution < -0.4 is 5.32 Å². The van der Waals surface area contributed by atoms with E-state index in [4.69, 9.17) is 5.11 Å². The van der Waals surface area contributed by atoms with Crippen molar-refractivity contribution in [2.45, 2.75) is 20.3 Å². The van der Waals surface area contributed by atoms with Gasteiger partial charge in [0, 0.05) is 19.0 Å². The molecule has 1 atom stereocenters. The Morgan fingerprint density at radius 3 is 2.62 bits per heavy atom. The average molecular weight is 228 g/mol. The van der Waals surface area contributed by atoms with Crippen LogP contribution in [0.1, 0.15) is 20.3 Å². The van der Waals surface area contributed by atoms with Crippen molar-refractivity contribution in [1.29, 1.82) is 0 Å². The number of carboxylic acid groups (broad SMARTS) is 1. The van der Waals surface area contributed by atoms with Gasteiger partial charge in [-0.1, -0.05) is 13.8 Å². The van der Waals surface area contributed by atoms with E-state index in [0.29, 0.717) is 19.6 Å². The lowest BCUT2D eigenvalue weighted by Crippen LogP contribution is -2.55. The average Bonchev–Trinajstić information content (AvgIpc) is 2.15. The Kier molecular flexibility index (Phi) is 4.73. The van der Waals surface area contributed by atoms with Crippen LogP contribution >= 0.6 is 0 Å². The van der Waals surface area contributed by atoms with Gasteiger partial charge in [-0.3, -0.25) is 9.59 Å². The van der Waals surface area contributed by atoms with Crippen molar-refractivity contribution >= 4 is 11.9 Å². The van der Waals surface area contributed by atoms with E-state index in [1.165, 1.54) is 0 Å². The topological polar surface area (TPSA) is 69.6 Å². The van der Waals surface area contributed by atoms with Crippen molar-refractivity contribution in [3.8, 4) is 0 Å². The summed E-state index contributed by atoms with van der Waals surface area (Å²) in [6, 6.07) is 0. The van der Waals surface area contributed by atoms with Crippen LogP contribution in [0.2, 0.25) is 0 Å². The monoisotopic (exact) mass is 228 g/mol. The predicted octanol–water partition coefficient (Wildman–Crippen LogP) is 0.165. The highest BCUT2D eigenvalue weighted by molar-refractivity contribution is 5.79. The molecule has 0 aromatic rings. The summed E-state index contributed by atoms with van der Waals surface area (Å²) in [5, 5.41) is 11.8. The van der Waals surface area contributed by atoms with Gasteiger partial charge in [0.1, 0.15) is 0 Å². The van der Waals surface area contributed by atoms with Gasteiger partial charge < -0.3 is 15.3 Å². The fraction of sp³-hybridized carbons (Fsp3) is 0.818. The van der Waals surface area contributed by atoms with Crippen molar-refractivity contribution < 1.29 is 14.7 Å². The summed E-state index contributed by atoms with van der Waals surface area (Å²) in [5.41, 5.74) is 0. The molecule has 0 saturated carbocycles. The molecular weight excluding hydrogens is 208 g/mol. The Hall–Kier alpha value is -1.10. The van der Waals surface area contributed by atoms with Crippen molar-refractivity contribution in [2.24, 2.45) is 11.8 Å². The minimum absolute atomic E-state index is 0.0716. The van der Waals surface area contributed by atoms with Crippen molar-refractivity contribution in [3.05, 3.63) is 0 Å². The molecule has 1 unspecified atom stereocenters. The highest BCUT2D eigenvalue weighted by atomic mass is 16.4. The molecule has 1 saturated heterocycles. The van der Waals surface area contributed by atoms with Gasteiger partial charge in [-0.2, -0.15) is 0 Å². The molecule has 0 aromatic heterocycles. The second-order valence-corrected chi connectivity index (χ2v) is 4.36. The Bertz CT molecular complexity index is 262. The summed E-state index contributed by atoms with van der Waals surface area (Å²) in [7, 11) is 0. The number of nitrogens with one attached hydrogen (secondary N) is 1. The van der Waals surface area contributed by atoms with Crippen molar-refractivity contribution in [2.75, 3.05) is 26.2 Å². The first-order chi connectivity index (χ1) is 7.56. The molecule has 92 valence electrons. The number of nitrogens with zero attached hydrogens (tertiary/aromatic N) is 1. The lowest BCUT2D eigenvalue weighted by Gasteiger charge is -2.41. The third-order valence-electron chi connectivity index (χ3n) is 3.06. The number of amides is 1. The van der Waals surface area contributed by atoms with Gasteiger partial charge in [0.25, 0.3) is 0 Å². The van der Waals surface area contributed by atoms with Crippen LogP contribution in [-0.2, 0) is 9.59 Å². The number of carbonyl (C=O) groups is 2. The van der Waals surface area contributed by atoms with Gasteiger partial charge >= 0.3 is 5.97 Å². The molecule has 16 heavy (non-hydrogen) atoms. The summed E-state index contributed by atoms with van der Waals surface area (Å²) in [6.45, 7) is 6.12. The fourth-order valence-electron chi connectivity index (χ4n) is 1.72. The van der Waals surface area contributed by atoms with Crippen LogP contribution in [0.4, 0.5) is 0 Å². The van der Waals surface area contributed by atoms with Crippen molar-refractivity contribution in [3.63, 3.8) is 0 Å². The molecule has 5 heteroatoms. The maximum Gasteiger partial charge on any atom is 0.306 e. The minimum Gasteiger partial charge on any atom is -0.481 e. The Balaban J connectivity index is 2.20. The van der Waals surface area contributed by atoms with E-state index < -0.39 is 5.97 Å². The van der Waals surface area contributed by atoms with Crippen LogP contribution in [0.25, 0.3) is 0 Å². The summed E-state index contributed by atoms with van der Waals surface area (Å²) < 4.78 is 0. The first-order valence-corrected chi connectivity index (χ1v) is 5.77. The van der Waals surface area contributed by atoms with Gasteiger partial charge in [-0.15, -0.1) is 0 Å². The van der Waals surface area contributed by atoms with Crippen LogP contribution in [0.3, 0.4) is 0 Å². The molecule has 1 aliphatic rings. The number of carboxylic acids is 1. The predicted molar refractivity (Wildman–Crippen MR) is 60.0 cm³/mol. The molecule has 0 aliphatic carbocycles. The number of rotatable bonds is 6. The third kappa shape index (κ3) is 3.20. The SMILES string of the molecule is CCCNCC(=O)N1CC(C(C)C(=O)O)C1. The van der Waals surface area contributed by atoms with Crippen LogP contribution in [-0.4, -0.2) is 48.1 Å². The number of hydrogen-bond donors (Lipinski definition) is 2. The summed E-state index contributed by atoms with van der Waals surface area (Å²) in [6.07, 6.45) is 1.01. The highest BCUT2D eigenvalue weighted by Gasteiger charge is 2.36. The van der Waals surface area contributed by atoms with Gasteiger partial charge in [0.15, 0.2) is 0 Å². The number of aliphatic carboxylic acids is 1. The Morgan fingerprint density at radius 1 is 1.50 bits per heavy atom. The van der Waals surface area contributed by atoms with E-state index in [2.05, 4.69) is 5.32 Å². The molecule has 0 spiro atoms. The number of carbonyl (C=O) groups excluding carboxylic acids is 1. The number of hydrogen-bond acceptors (Lipinski definition) is 3. The molecule has 1 rings (SSSR count). The van der Waals surface area contributed by atoms with Gasteiger partial charge in [0.2, 0.25) is 5.91 Å². The maximum absolute atomic E-state index is 11.6. The third-order valence-corrected chi connectivity index (χ3v) is 3.06. The molecule has 0 bridgehead atoms. The normalized spacial score (nSPS) is 18.0. The summed E-state index contributed by atoms with van der Waals surface area (Å²) in [5.74, 6) is -0.941. The summed E-state index contributed by atoms with van der Waals surface area (Å²) in [4.78, 5) is 24.0. The fourth-order valence-corrected chi connectivity index (χ4v) is 1.72. The molecule has 1 heterocycles. The van der Waals surface area contributed by atoms with E-state index in [0.717, 1.165) is 13.0 Å². The van der Waals surface area contributed by atoms with Gasteiger partial charge in [-0.25, -0.2) is 0 Å². The molecule has 5 nitrogen and oxygen atoms in total. The van der Waals surface area contributed by atoms with Crippen LogP contribution in [0, 0.1) is 11.8 Å². The zero-order chi connectivity index (χ0) is 12.1. The smallest absolute Gasteiger partial charge is 0.306 e. The second-order valence-electron chi connectivity index (χ2n) is 4.36. The van der Waals surface area contributed by atoms with Gasteiger partial charge in [-0.05, 0) is 13.0 Å². The van der Waals surface area contributed by atoms with E-state index in [-0.39, 0.29) is 17.7 Å². The van der Waals surface area contributed by atoms with Crippen LogP contribution in [0.15, 0.2) is 0 Å². The molecule has 2 N–H and O–H groups in total. The first kappa shape index (κ1) is 13.0. The maximum atomic E-state index is 11.6. The largest absolute Gasteiger partial charge is 0.481 e. The molecular formula is C11H20N2O3. The Morgan fingerprint density at radius 2 is 2.12 bits per heavy atom. The molecule has 1 aliphatic heterocycles. The standard InChI is InChI=1S/C11H20N2O3/c1-3-4-12-5-10(14)13-6-9(7-13)8(2)11(15)16/h8-9,12H,3-7H2,1-2H3,(H,15,16). The molecule has 1 fully saturated rings. The first-order valence-electron chi connectivity index (χ1n) is 5.77. The summed E-state index contributed by atoms with van der Waals surface area (Å²) >= 11 is 0. The number of likely N-dealkylation sites (tertiary alicyclic amines) is 1. The molecule has 0 radical (unpaired) electrons. The lowest BCUT2D eigenvalue weighted by molar-refractivity contribution is -0.150. The zero-order valence-corrected chi connectivity index (χ0v) is 9.90. The van der Waals surface area contributed by atoms with Crippen molar-refractivity contribution in [1.82, 2.24) is 10.2 Å². The molecule has 0 aromatic carbocycles. The minimum atomic E-state index is -0.777. The quantitative estimate of drug-likeness (QED) is 0.636. The van der Waals surface area contributed by atoms with Gasteiger partial charge in [0.05, 0.1) is 12.5 Å². The lowest BCUT2D eigenvalue weighted by atomic mass is 9.87. The van der Waals surface area contributed by atoms with E-state index in [9.17, 15) is 9.59 Å². The Labute approximate surface area is 95.8 Å². The molecule has 1 amide bonds. The van der Waals surface area contributed by atoms with E-state index in [1.54, 1.807) is 11.8 Å². The van der Waals surface area contributed by atoms with Crippen LogP contribution in [0.5, 0.6) is 0 Å². The zero-order valence-electron chi connectivity index (χ0n) is 9.90. The highest BCUT2D eigenvalue weighted by Crippen LogP contribution is 2.23. The van der Waals surface area contributed by atoms with E-state index in [1.807, 2.05) is 6.92 Å². The van der Waals surface area contributed by atoms with E-state index >= 15 is 0 Å².